The van der Waals surface area contributed by atoms with E-state index in [9.17, 15) is 0 Å². The molecule has 0 aliphatic heterocycles. The summed E-state index contributed by atoms with van der Waals surface area (Å²) in [5.41, 5.74) is 7.33. The van der Waals surface area contributed by atoms with Gasteiger partial charge < -0.3 is 10.5 Å². The van der Waals surface area contributed by atoms with E-state index in [1.165, 1.54) is 12.0 Å². The first-order valence-corrected chi connectivity index (χ1v) is 6.49. The highest BCUT2D eigenvalue weighted by Crippen LogP contribution is 2.26. The molecule has 0 spiro atoms. The van der Waals surface area contributed by atoms with Gasteiger partial charge in [0.1, 0.15) is 5.75 Å². The third-order valence-corrected chi connectivity index (χ3v) is 3.15. The highest BCUT2D eigenvalue weighted by Gasteiger charge is 2.16. The minimum absolute atomic E-state index is 0.341. The molecule has 0 fully saturated rings. The minimum Gasteiger partial charge on any atom is -0.494 e. The smallest absolute Gasteiger partial charge is 0.119 e. The van der Waals surface area contributed by atoms with Gasteiger partial charge in [-0.1, -0.05) is 26.0 Å². The quantitative estimate of drug-likeness (QED) is 0.786. The van der Waals surface area contributed by atoms with E-state index in [1.54, 1.807) is 0 Å². The van der Waals surface area contributed by atoms with Gasteiger partial charge in [-0.2, -0.15) is 0 Å². The van der Waals surface area contributed by atoms with Gasteiger partial charge >= 0.3 is 0 Å². The number of nitrogens with two attached hydrogens (primary N) is 1. The molecule has 0 saturated heterocycles. The molecule has 0 aliphatic carbocycles. The highest BCUT2D eigenvalue weighted by molar-refractivity contribution is 5.27. The van der Waals surface area contributed by atoms with E-state index < -0.39 is 0 Å². The molecular weight excluding hydrogens is 210 g/mol. The summed E-state index contributed by atoms with van der Waals surface area (Å²) in [7, 11) is 0. The first kappa shape index (κ1) is 14.0. The van der Waals surface area contributed by atoms with Crippen molar-refractivity contribution in [2.45, 2.75) is 40.0 Å². The second kappa shape index (κ2) is 6.65. The Morgan fingerprint density at radius 1 is 1.12 bits per heavy atom. The first-order chi connectivity index (χ1) is 8.07. The average Bonchev–Trinajstić information content (AvgIpc) is 2.29. The van der Waals surface area contributed by atoms with Crippen molar-refractivity contribution in [2.24, 2.45) is 11.1 Å². The summed E-state index contributed by atoms with van der Waals surface area (Å²) in [6.45, 7) is 8.07. The summed E-state index contributed by atoms with van der Waals surface area (Å²) in [6.07, 6.45) is 3.38. The third-order valence-electron chi connectivity index (χ3n) is 3.15. The predicted octanol–water partition coefficient (Wildman–Crippen LogP) is 3.39. The van der Waals surface area contributed by atoms with Crippen LogP contribution in [0.25, 0.3) is 0 Å². The summed E-state index contributed by atoms with van der Waals surface area (Å²) in [5.74, 6) is 0.956. The van der Waals surface area contributed by atoms with E-state index in [1.807, 2.05) is 6.92 Å². The second-order valence-corrected chi connectivity index (χ2v) is 5.28. The van der Waals surface area contributed by atoms with Gasteiger partial charge in [-0.05, 0) is 55.8 Å². The first-order valence-electron chi connectivity index (χ1n) is 6.49. The molecule has 0 unspecified atom stereocenters. The van der Waals surface area contributed by atoms with Gasteiger partial charge in [0, 0.05) is 0 Å². The van der Waals surface area contributed by atoms with Crippen molar-refractivity contribution in [2.75, 3.05) is 13.2 Å². The minimum atomic E-state index is 0.341. The van der Waals surface area contributed by atoms with Crippen LogP contribution in [0.2, 0.25) is 0 Å². The van der Waals surface area contributed by atoms with Gasteiger partial charge in [-0.25, -0.2) is 0 Å². The number of rotatable bonds is 7. The molecule has 0 amide bonds. The molecule has 0 atom stereocenters. The van der Waals surface area contributed by atoms with Crippen LogP contribution >= 0.6 is 0 Å². The van der Waals surface area contributed by atoms with Crippen molar-refractivity contribution in [3.8, 4) is 5.75 Å². The molecule has 0 heterocycles. The maximum absolute atomic E-state index is 5.62. The van der Waals surface area contributed by atoms with Crippen molar-refractivity contribution in [1.29, 1.82) is 0 Å². The van der Waals surface area contributed by atoms with Gasteiger partial charge in [0.15, 0.2) is 0 Å². The Bertz CT molecular complexity index is 316. The third kappa shape index (κ3) is 5.22. The molecule has 0 aromatic heterocycles. The molecule has 2 nitrogen and oxygen atoms in total. The lowest BCUT2D eigenvalue weighted by molar-refractivity contribution is 0.313. The summed E-state index contributed by atoms with van der Waals surface area (Å²) >= 11 is 0. The monoisotopic (exact) mass is 235 g/mol. The van der Waals surface area contributed by atoms with Gasteiger partial charge in [-0.15, -0.1) is 0 Å². The molecule has 0 radical (unpaired) electrons. The fraction of sp³-hybridized carbons (Fsp3) is 0.600. The second-order valence-electron chi connectivity index (χ2n) is 5.28. The Balaban J connectivity index is 2.46. The molecule has 0 bridgehead atoms. The average molecular weight is 235 g/mol. The molecule has 2 N–H and O–H groups in total. The van der Waals surface area contributed by atoms with Crippen molar-refractivity contribution >= 4 is 0 Å². The van der Waals surface area contributed by atoms with Gasteiger partial charge in [0.05, 0.1) is 6.61 Å². The van der Waals surface area contributed by atoms with Crippen LogP contribution in [0, 0.1) is 5.41 Å². The van der Waals surface area contributed by atoms with Crippen molar-refractivity contribution in [1.82, 2.24) is 0 Å². The summed E-state index contributed by atoms with van der Waals surface area (Å²) in [5, 5.41) is 0. The fourth-order valence-corrected chi connectivity index (χ4v) is 1.92. The van der Waals surface area contributed by atoms with Crippen LogP contribution in [0.4, 0.5) is 0 Å². The van der Waals surface area contributed by atoms with E-state index >= 15 is 0 Å². The number of hydrogen-bond acceptors (Lipinski definition) is 2. The predicted molar refractivity (Wildman–Crippen MR) is 73.4 cm³/mol. The maximum atomic E-state index is 5.62. The molecule has 1 aromatic carbocycles. The summed E-state index contributed by atoms with van der Waals surface area (Å²) < 4.78 is 5.43. The Kier molecular flexibility index (Phi) is 5.49. The molecule has 2 heteroatoms. The zero-order valence-corrected chi connectivity index (χ0v) is 11.3. The standard InChI is InChI=1S/C15H25NO/c1-4-17-14-7-5-13(6-8-14)9-10-15(2,3)11-12-16/h5-8H,4,9-12,16H2,1-3H3. The zero-order valence-electron chi connectivity index (χ0n) is 11.3. The maximum Gasteiger partial charge on any atom is 0.119 e. The van der Waals surface area contributed by atoms with E-state index in [0.29, 0.717) is 5.41 Å². The van der Waals surface area contributed by atoms with Crippen molar-refractivity contribution in [3.05, 3.63) is 29.8 Å². The topological polar surface area (TPSA) is 35.2 Å². The van der Waals surface area contributed by atoms with Crippen molar-refractivity contribution < 1.29 is 4.74 Å². The largest absolute Gasteiger partial charge is 0.494 e. The van der Waals surface area contributed by atoms with E-state index in [4.69, 9.17) is 10.5 Å². The van der Waals surface area contributed by atoms with Gasteiger partial charge in [0.25, 0.3) is 0 Å². The Labute approximate surface area is 105 Å². The molecule has 1 aromatic rings. The fourth-order valence-electron chi connectivity index (χ4n) is 1.92. The van der Waals surface area contributed by atoms with Crippen molar-refractivity contribution in [3.63, 3.8) is 0 Å². The normalized spacial score (nSPS) is 11.5. The Morgan fingerprint density at radius 2 is 1.76 bits per heavy atom. The van der Waals surface area contributed by atoms with Gasteiger partial charge in [-0.3, -0.25) is 0 Å². The van der Waals surface area contributed by atoms with E-state index in [0.717, 1.165) is 31.7 Å². The molecule has 0 aliphatic rings. The number of hydrogen-bond donors (Lipinski definition) is 1. The lowest BCUT2D eigenvalue weighted by Crippen LogP contribution is -2.17. The lowest BCUT2D eigenvalue weighted by atomic mass is 9.83. The molecule has 96 valence electrons. The number of benzene rings is 1. The van der Waals surface area contributed by atoms with Crippen LogP contribution in [0.5, 0.6) is 5.75 Å². The Morgan fingerprint density at radius 3 is 2.29 bits per heavy atom. The zero-order chi connectivity index (χ0) is 12.7. The Hall–Kier alpha value is -1.02. The molecular formula is C15H25NO. The lowest BCUT2D eigenvalue weighted by Gasteiger charge is -2.23. The van der Waals surface area contributed by atoms with Crippen LogP contribution in [-0.2, 0) is 6.42 Å². The summed E-state index contributed by atoms with van der Waals surface area (Å²) in [6, 6.07) is 8.41. The van der Waals surface area contributed by atoms with Gasteiger partial charge in [0.2, 0.25) is 0 Å². The number of ether oxygens (including phenoxy) is 1. The molecule has 0 saturated carbocycles. The highest BCUT2D eigenvalue weighted by atomic mass is 16.5. The van der Waals surface area contributed by atoms with Crippen LogP contribution in [0.3, 0.4) is 0 Å². The summed E-state index contributed by atoms with van der Waals surface area (Å²) in [4.78, 5) is 0. The van der Waals surface area contributed by atoms with Crippen LogP contribution < -0.4 is 10.5 Å². The van der Waals surface area contributed by atoms with E-state index in [-0.39, 0.29) is 0 Å². The SMILES string of the molecule is CCOc1ccc(CCC(C)(C)CCN)cc1. The number of aryl methyl sites for hydroxylation is 1. The van der Waals surface area contributed by atoms with Crippen LogP contribution in [0.1, 0.15) is 39.2 Å². The molecule has 1 rings (SSSR count). The van der Waals surface area contributed by atoms with Crippen LogP contribution in [0.15, 0.2) is 24.3 Å². The van der Waals surface area contributed by atoms with Crippen LogP contribution in [-0.4, -0.2) is 13.2 Å². The van der Waals surface area contributed by atoms with E-state index in [2.05, 4.69) is 38.1 Å². The molecule has 17 heavy (non-hydrogen) atoms.